The van der Waals surface area contributed by atoms with E-state index >= 15 is 0 Å². The zero-order valence-corrected chi connectivity index (χ0v) is 10.3. The van der Waals surface area contributed by atoms with Gasteiger partial charge in [-0.2, -0.15) is 0 Å². The van der Waals surface area contributed by atoms with Gasteiger partial charge in [0.15, 0.2) is 4.77 Å². The van der Waals surface area contributed by atoms with E-state index in [4.69, 9.17) is 12.2 Å². The van der Waals surface area contributed by atoms with Crippen LogP contribution < -0.4 is 10.9 Å². The van der Waals surface area contributed by atoms with Crippen LogP contribution in [0.25, 0.3) is 10.9 Å². The number of fused-ring (bicyclic) bond motifs is 1. The number of aromatic amines is 2. The van der Waals surface area contributed by atoms with Gasteiger partial charge in [-0.15, -0.1) is 0 Å². The summed E-state index contributed by atoms with van der Waals surface area (Å²) in [5, 5.41) is 3.39. The molecule has 1 aromatic heterocycles. The van der Waals surface area contributed by atoms with Gasteiger partial charge < -0.3 is 10.3 Å². The molecule has 0 bridgehead atoms. The van der Waals surface area contributed by atoms with E-state index in [9.17, 15) is 9.59 Å². The predicted octanol–water partition coefficient (Wildman–Crippen LogP) is 1.48. The van der Waals surface area contributed by atoms with Crippen molar-refractivity contribution in [1.29, 1.82) is 0 Å². The van der Waals surface area contributed by atoms with Gasteiger partial charge in [0, 0.05) is 11.6 Å². The third kappa shape index (κ3) is 2.06. The third-order valence-corrected chi connectivity index (χ3v) is 3.12. The summed E-state index contributed by atoms with van der Waals surface area (Å²) in [5.74, 6) is -0.112. The highest BCUT2D eigenvalue weighted by molar-refractivity contribution is 7.71. The lowest BCUT2D eigenvalue weighted by Gasteiger charge is -2.04. The van der Waals surface area contributed by atoms with Crippen LogP contribution in [0.2, 0.25) is 0 Å². The van der Waals surface area contributed by atoms with Gasteiger partial charge >= 0.3 is 0 Å². The lowest BCUT2D eigenvalue weighted by Crippen LogP contribution is -2.25. The van der Waals surface area contributed by atoms with E-state index in [1.54, 1.807) is 18.2 Å². The Balaban J connectivity index is 2.07. The lowest BCUT2D eigenvalue weighted by atomic mass is 10.1. The molecular formula is C12H11N3O2S. The van der Waals surface area contributed by atoms with Crippen molar-refractivity contribution in [2.45, 2.75) is 18.9 Å². The van der Waals surface area contributed by atoms with E-state index in [1.165, 1.54) is 0 Å². The molecule has 0 atom stereocenters. The zero-order chi connectivity index (χ0) is 12.7. The maximum Gasteiger partial charge on any atom is 0.259 e. The van der Waals surface area contributed by atoms with Crippen LogP contribution in [0.3, 0.4) is 0 Å². The molecule has 3 rings (SSSR count). The number of rotatable bonds is 2. The van der Waals surface area contributed by atoms with E-state index in [0.29, 0.717) is 22.5 Å². The average Bonchev–Trinajstić information content (AvgIpc) is 3.11. The number of amides is 1. The summed E-state index contributed by atoms with van der Waals surface area (Å²) in [7, 11) is 0. The quantitative estimate of drug-likeness (QED) is 0.716. The molecule has 1 aliphatic rings. The topological polar surface area (TPSA) is 77.8 Å². The minimum atomic E-state index is -0.247. The van der Waals surface area contributed by atoms with Crippen LogP contribution >= 0.6 is 12.2 Å². The molecule has 5 nitrogen and oxygen atoms in total. The van der Waals surface area contributed by atoms with Crippen molar-refractivity contribution in [3.05, 3.63) is 38.9 Å². The summed E-state index contributed by atoms with van der Waals surface area (Å²) in [5.41, 5.74) is 0.862. The maximum absolute atomic E-state index is 11.9. The fourth-order valence-corrected chi connectivity index (χ4v) is 2.01. The number of aromatic nitrogens is 2. The number of H-pyrrole nitrogens is 2. The minimum Gasteiger partial charge on any atom is -0.349 e. The first-order chi connectivity index (χ1) is 8.63. The predicted molar refractivity (Wildman–Crippen MR) is 70.2 cm³/mol. The molecule has 1 heterocycles. The number of nitrogens with one attached hydrogen (secondary N) is 3. The Kier molecular flexibility index (Phi) is 2.52. The Morgan fingerprint density at radius 2 is 2.11 bits per heavy atom. The van der Waals surface area contributed by atoms with E-state index in [2.05, 4.69) is 15.3 Å². The van der Waals surface area contributed by atoms with Gasteiger partial charge in [-0.25, -0.2) is 0 Å². The van der Waals surface area contributed by atoms with Crippen molar-refractivity contribution in [2.75, 3.05) is 0 Å². The van der Waals surface area contributed by atoms with Crippen LogP contribution in [0.1, 0.15) is 23.2 Å². The summed E-state index contributed by atoms with van der Waals surface area (Å²) < 4.78 is 0.257. The maximum atomic E-state index is 11.9. The molecule has 1 aliphatic carbocycles. The Labute approximate surface area is 107 Å². The van der Waals surface area contributed by atoms with Crippen molar-refractivity contribution in [3.8, 4) is 0 Å². The Hall–Kier alpha value is -1.95. The SMILES string of the molecule is O=C(NC1CC1)c1ccc2c(=O)[nH]c(=S)[nH]c2c1. The fraction of sp³-hybridized carbons (Fsp3) is 0.250. The highest BCUT2D eigenvalue weighted by Crippen LogP contribution is 2.19. The van der Waals surface area contributed by atoms with Gasteiger partial charge in [0.2, 0.25) is 0 Å². The van der Waals surface area contributed by atoms with Crippen LogP contribution in [-0.4, -0.2) is 21.9 Å². The number of carbonyl (C=O) groups excluding carboxylic acids is 1. The number of hydrogen-bond donors (Lipinski definition) is 3. The van der Waals surface area contributed by atoms with Crippen molar-refractivity contribution >= 4 is 29.0 Å². The second-order valence-corrected chi connectivity index (χ2v) is 4.82. The standard InChI is InChI=1S/C12H11N3O2S/c16-10(13-7-2-3-7)6-1-4-8-9(5-6)14-12(18)15-11(8)17/h1,4-5,7H,2-3H2,(H,13,16)(H2,14,15,17,18). The molecule has 0 spiro atoms. The first kappa shape index (κ1) is 11.2. The van der Waals surface area contributed by atoms with Crippen molar-refractivity contribution in [3.63, 3.8) is 0 Å². The van der Waals surface area contributed by atoms with Crippen LogP contribution in [-0.2, 0) is 0 Å². The molecule has 92 valence electrons. The zero-order valence-electron chi connectivity index (χ0n) is 9.45. The van der Waals surface area contributed by atoms with Crippen LogP contribution in [0, 0.1) is 4.77 Å². The van der Waals surface area contributed by atoms with Crippen LogP contribution in [0.15, 0.2) is 23.0 Å². The molecule has 0 saturated heterocycles. The fourth-order valence-electron chi connectivity index (χ4n) is 1.81. The first-order valence-corrected chi connectivity index (χ1v) is 6.11. The molecule has 18 heavy (non-hydrogen) atoms. The Morgan fingerprint density at radius 1 is 1.33 bits per heavy atom. The molecule has 3 N–H and O–H groups in total. The summed E-state index contributed by atoms with van der Waals surface area (Å²) in [6.45, 7) is 0. The van der Waals surface area contributed by atoms with Crippen molar-refractivity contribution in [1.82, 2.24) is 15.3 Å². The Bertz CT molecular complexity index is 743. The van der Waals surface area contributed by atoms with Gasteiger partial charge in [0.1, 0.15) is 0 Å². The smallest absolute Gasteiger partial charge is 0.259 e. The van der Waals surface area contributed by atoms with Gasteiger partial charge in [0.05, 0.1) is 10.9 Å². The van der Waals surface area contributed by atoms with Gasteiger partial charge in [-0.1, -0.05) is 0 Å². The lowest BCUT2D eigenvalue weighted by molar-refractivity contribution is 0.0951. The molecule has 0 radical (unpaired) electrons. The highest BCUT2D eigenvalue weighted by atomic mass is 32.1. The first-order valence-electron chi connectivity index (χ1n) is 5.71. The number of benzene rings is 1. The van der Waals surface area contributed by atoms with Gasteiger partial charge in [0.25, 0.3) is 11.5 Å². The van der Waals surface area contributed by atoms with Gasteiger partial charge in [-0.05, 0) is 43.3 Å². The summed E-state index contributed by atoms with van der Waals surface area (Å²) >= 11 is 4.90. The Morgan fingerprint density at radius 3 is 2.83 bits per heavy atom. The van der Waals surface area contributed by atoms with E-state index in [1.807, 2.05) is 0 Å². The highest BCUT2D eigenvalue weighted by Gasteiger charge is 2.23. The second kappa shape index (κ2) is 4.06. The van der Waals surface area contributed by atoms with E-state index in [0.717, 1.165) is 12.8 Å². The minimum absolute atomic E-state index is 0.112. The molecule has 1 aromatic carbocycles. The summed E-state index contributed by atoms with van der Waals surface area (Å²) in [6.07, 6.45) is 2.09. The van der Waals surface area contributed by atoms with Crippen molar-refractivity contribution < 1.29 is 4.79 Å². The van der Waals surface area contributed by atoms with E-state index < -0.39 is 0 Å². The summed E-state index contributed by atoms with van der Waals surface area (Å²) in [6, 6.07) is 5.23. The molecule has 1 saturated carbocycles. The molecular weight excluding hydrogens is 250 g/mol. The van der Waals surface area contributed by atoms with E-state index in [-0.39, 0.29) is 16.2 Å². The molecule has 1 fully saturated rings. The number of carbonyl (C=O) groups is 1. The van der Waals surface area contributed by atoms with Crippen LogP contribution in [0.5, 0.6) is 0 Å². The molecule has 6 heteroatoms. The normalized spacial score (nSPS) is 14.7. The largest absolute Gasteiger partial charge is 0.349 e. The third-order valence-electron chi connectivity index (χ3n) is 2.91. The molecule has 0 aliphatic heterocycles. The van der Waals surface area contributed by atoms with Crippen LogP contribution in [0.4, 0.5) is 0 Å². The number of hydrogen-bond acceptors (Lipinski definition) is 3. The summed E-state index contributed by atoms with van der Waals surface area (Å²) in [4.78, 5) is 28.9. The molecule has 0 unspecified atom stereocenters. The molecule has 2 aromatic rings. The van der Waals surface area contributed by atoms with Gasteiger partial charge in [-0.3, -0.25) is 14.6 Å². The molecule has 1 amide bonds. The monoisotopic (exact) mass is 261 g/mol. The van der Waals surface area contributed by atoms with Crippen molar-refractivity contribution in [2.24, 2.45) is 0 Å². The average molecular weight is 261 g/mol. The second-order valence-electron chi connectivity index (χ2n) is 4.42.